The normalized spacial score (nSPS) is 15.8. The largest absolute Gasteiger partial charge is 0.310 e. The minimum atomic E-state index is -3.92. The van der Waals surface area contributed by atoms with E-state index in [4.69, 9.17) is 0 Å². The minimum absolute atomic E-state index is 0.0340. The SMILES string of the molecule is O=S(=O)(NCC(F)F)c1ccc(CNC2CC2)cc1Br. The van der Waals surface area contributed by atoms with Crippen LogP contribution in [0.15, 0.2) is 27.6 Å². The van der Waals surface area contributed by atoms with Crippen LogP contribution in [0.1, 0.15) is 18.4 Å². The molecular formula is C12H15BrF2N2O2S. The lowest BCUT2D eigenvalue weighted by molar-refractivity contribution is 0.153. The zero-order chi connectivity index (χ0) is 14.8. The molecule has 8 heteroatoms. The average molecular weight is 369 g/mol. The molecule has 0 atom stereocenters. The zero-order valence-corrected chi connectivity index (χ0v) is 13.0. The van der Waals surface area contributed by atoms with Gasteiger partial charge in [-0.2, -0.15) is 0 Å². The summed E-state index contributed by atoms with van der Waals surface area (Å²) < 4.78 is 50.1. The number of benzene rings is 1. The van der Waals surface area contributed by atoms with Gasteiger partial charge in [0, 0.05) is 17.1 Å². The van der Waals surface area contributed by atoms with Gasteiger partial charge in [-0.3, -0.25) is 0 Å². The molecule has 2 N–H and O–H groups in total. The number of nitrogens with one attached hydrogen (secondary N) is 2. The maximum Gasteiger partial charge on any atom is 0.251 e. The van der Waals surface area contributed by atoms with Crippen molar-refractivity contribution in [2.45, 2.75) is 36.7 Å². The molecule has 0 aromatic heterocycles. The van der Waals surface area contributed by atoms with E-state index in [2.05, 4.69) is 21.2 Å². The summed E-state index contributed by atoms with van der Waals surface area (Å²) in [6, 6.07) is 5.34. The Kier molecular flexibility index (Phi) is 5.11. The van der Waals surface area contributed by atoms with Gasteiger partial charge in [-0.05, 0) is 46.5 Å². The number of alkyl halides is 2. The zero-order valence-electron chi connectivity index (χ0n) is 10.6. The summed E-state index contributed by atoms with van der Waals surface area (Å²) in [5.41, 5.74) is 0.941. The van der Waals surface area contributed by atoms with Crippen molar-refractivity contribution in [2.75, 3.05) is 6.54 Å². The van der Waals surface area contributed by atoms with Crippen LogP contribution < -0.4 is 10.0 Å². The molecule has 112 valence electrons. The second-order valence-electron chi connectivity index (χ2n) is 4.66. The van der Waals surface area contributed by atoms with E-state index in [1.807, 2.05) is 4.72 Å². The van der Waals surface area contributed by atoms with Gasteiger partial charge in [0.05, 0.1) is 11.4 Å². The van der Waals surface area contributed by atoms with Crippen molar-refractivity contribution >= 4 is 26.0 Å². The highest BCUT2D eigenvalue weighted by molar-refractivity contribution is 9.10. The third kappa shape index (κ3) is 4.47. The average Bonchev–Trinajstić information content (AvgIpc) is 3.18. The lowest BCUT2D eigenvalue weighted by Crippen LogP contribution is -2.29. The van der Waals surface area contributed by atoms with Crippen LogP contribution in [0.3, 0.4) is 0 Å². The van der Waals surface area contributed by atoms with Crippen molar-refractivity contribution in [3.8, 4) is 0 Å². The number of hydrogen-bond acceptors (Lipinski definition) is 3. The van der Waals surface area contributed by atoms with E-state index < -0.39 is 23.0 Å². The van der Waals surface area contributed by atoms with Crippen LogP contribution in [0, 0.1) is 0 Å². The van der Waals surface area contributed by atoms with Gasteiger partial charge in [0.15, 0.2) is 0 Å². The van der Waals surface area contributed by atoms with Crippen LogP contribution in [-0.2, 0) is 16.6 Å². The molecule has 4 nitrogen and oxygen atoms in total. The molecule has 0 radical (unpaired) electrons. The van der Waals surface area contributed by atoms with Crippen molar-refractivity contribution < 1.29 is 17.2 Å². The highest BCUT2D eigenvalue weighted by Crippen LogP contribution is 2.24. The number of sulfonamides is 1. The minimum Gasteiger partial charge on any atom is -0.310 e. The Morgan fingerprint density at radius 1 is 1.35 bits per heavy atom. The fraction of sp³-hybridized carbons (Fsp3) is 0.500. The van der Waals surface area contributed by atoms with Crippen LogP contribution in [-0.4, -0.2) is 27.4 Å². The van der Waals surface area contributed by atoms with Gasteiger partial charge in [-0.25, -0.2) is 21.9 Å². The Bertz CT molecular complexity index is 577. The van der Waals surface area contributed by atoms with E-state index in [0.717, 1.165) is 5.56 Å². The molecule has 2 rings (SSSR count). The molecule has 1 aliphatic rings. The molecule has 0 spiro atoms. The van der Waals surface area contributed by atoms with Crippen LogP contribution in [0.2, 0.25) is 0 Å². The van der Waals surface area contributed by atoms with Gasteiger partial charge in [0.2, 0.25) is 10.0 Å². The van der Waals surface area contributed by atoms with Gasteiger partial charge in [-0.1, -0.05) is 6.07 Å². The number of rotatable bonds is 7. The third-order valence-electron chi connectivity index (χ3n) is 2.89. The molecule has 0 heterocycles. The predicted molar refractivity (Wildman–Crippen MR) is 75.2 cm³/mol. The van der Waals surface area contributed by atoms with Crippen molar-refractivity contribution in [3.05, 3.63) is 28.2 Å². The summed E-state index contributed by atoms with van der Waals surface area (Å²) in [7, 11) is -3.92. The lowest BCUT2D eigenvalue weighted by Gasteiger charge is -2.10. The summed E-state index contributed by atoms with van der Waals surface area (Å²) in [5.74, 6) is 0. The third-order valence-corrected chi connectivity index (χ3v) is 5.29. The van der Waals surface area contributed by atoms with Gasteiger partial charge in [0.25, 0.3) is 6.43 Å². The van der Waals surface area contributed by atoms with Crippen LogP contribution in [0.4, 0.5) is 8.78 Å². The molecule has 1 aliphatic carbocycles. The van der Waals surface area contributed by atoms with Crippen molar-refractivity contribution in [1.29, 1.82) is 0 Å². The van der Waals surface area contributed by atoms with E-state index in [-0.39, 0.29) is 4.90 Å². The number of hydrogen-bond donors (Lipinski definition) is 2. The molecule has 20 heavy (non-hydrogen) atoms. The van der Waals surface area contributed by atoms with E-state index in [1.54, 1.807) is 12.1 Å². The fourth-order valence-corrected chi connectivity index (χ4v) is 3.80. The smallest absolute Gasteiger partial charge is 0.251 e. The maximum absolute atomic E-state index is 12.1. The number of halogens is 3. The fourth-order valence-electron chi connectivity index (χ4n) is 1.67. The van der Waals surface area contributed by atoms with E-state index in [9.17, 15) is 17.2 Å². The van der Waals surface area contributed by atoms with Gasteiger partial charge in [-0.15, -0.1) is 0 Å². The van der Waals surface area contributed by atoms with E-state index in [1.165, 1.54) is 18.9 Å². The van der Waals surface area contributed by atoms with Crippen molar-refractivity contribution in [3.63, 3.8) is 0 Å². The summed E-state index contributed by atoms with van der Waals surface area (Å²) in [6.07, 6.45) is -0.373. The highest BCUT2D eigenvalue weighted by Gasteiger charge is 2.21. The molecule has 1 aromatic rings. The molecule has 1 saturated carbocycles. The Balaban J connectivity index is 2.07. The molecule has 0 unspecified atom stereocenters. The summed E-state index contributed by atoms with van der Waals surface area (Å²) in [6.45, 7) is -0.228. The Labute approximate surface area is 125 Å². The first kappa shape index (κ1) is 15.8. The first-order chi connectivity index (χ1) is 9.38. The molecule has 0 aliphatic heterocycles. The lowest BCUT2D eigenvalue weighted by atomic mass is 10.2. The second kappa shape index (κ2) is 6.46. The van der Waals surface area contributed by atoms with Crippen LogP contribution >= 0.6 is 15.9 Å². The summed E-state index contributed by atoms with van der Waals surface area (Å²) >= 11 is 3.18. The van der Waals surface area contributed by atoms with Crippen molar-refractivity contribution in [2.24, 2.45) is 0 Å². The topological polar surface area (TPSA) is 58.2 Å². The standard InChI is InChI=1S/C12H15BrF2N2O2S/c13-10-5-8(6-16-9-2-3-9)1-4-11(10)20(18,19)17-7-12(14)15/h1,4-5,9,12,16-17H,2-3,6-7H2. The quantitative estimate of drug-likeness (QED) is 0.775. The second-order valence-corrected chi connectivity index (χ2v) is 7.25. The predicted octanol–water partition coefficient (Wildman–Crippen LogP) is 2.24. The van der Waals surface area contributed by atoms with Crippen LogP contribution in [0.25, 0.3) is 0 Å². The molecule has 1 fully saturated rings. The maximum atomic E-state index is 12.1. The Morgan fingerprint density at radius 2 is 2.05 bits per heavy atom. The first-order valence-corrected chi connectivity index (χ1v) is 8.46. The molecule has 0 saturated heterocycles. The van der Waals surface area contributed by atoms with E-state index in [0.29, 0.717) is 17.1 Å². The molecule has 0 amide bonds. The summed E-state index contributed by atoms with van der Waals surface area (Å²) in [5, 5.41) is 3.31. The monoisotopic (exact) mass is 368 g/mol. The highest BCUT2D eigenvalue weighted by atomic mass is 79.9. The Morgan fingerprint density at radius 3 is 2.60 bits per heavy atom. The molecule has 1 aromatic carbocycles. The van der Waals surface area contributed by atoms with E-state index >= 15 is 0 Å². The first-order valence-electron chi connectivity index (χ1n) is 6.18. The van der Waals surface area contributed by atoms with Gasteiger partial charge in [0.1, 0.15) is 0 Å². The molecular weight excluding hydrogens is 354 g/mol. The van der Waals surface area contributed by atoms with Gasteiger partial charge < -0.3 is 5.32 Å². The Hall–Kier alpha value is -0.570. The molecule has 0 bridgehead atoms. The summed E-state index contributed by atoms with van der Waals surface area (Å²) in [4.78, 5) is -0.0340. The van der Waals surface area contributed by atoms with Crippen LogP contribution in [0.5, 0.6) is 0 Å². The van der Waals surface area contributed by atoms with Gasteiger partial charge >= 0.3 is 0 Å². The van der Waals surface area contributed by atoms with Crippen molar-refractivity contribution in [1.82, 2.24) is 10.0 Å².